The summed E-state index contributed by atoms with van der Waals surface area (Å²) in [6.45, 7) is -0.0785. The fourth-order valence-corrected chi connectivity index (χ4v) is 6.04. The number of likely N-dealkylation sites (tertiary alicyclic amines) is 1. The van der Waals surface area contributed by atoms with E-state index in [1.54, 1.807) is 24.3 Å². The predicted molar refractivity (Wildman–Crippen MR) is 116 cm³/mol. The summed E-state index contributed by atoms with van der Waals surface area (Å²) in [5.74, 6) is 0.348. The van der Waals surface area contributed by atoms with Gasteiger partial charge in [0.2, 0.25) is 11.8 Å². The van der Waals surface area contributed by atoms with Crippen molar-refractivity contribution in [2.75, 3.05) is 11.6 Å². The van der Waals surface area contributed by atoms with Crippen LogP contribution in [0.2, 0.25) is 5.02 Å². The number of amides is 3. The maximum Gasteiger partial charge on any atom is 0.259 e. The van der Waals surface area contributed by atoms with Crippen LogP contribution in [0.1, 0.15) is 16.8 Å². The van der Waals surface area contributed by atoms with Crippen LogP contribution in [-0.4, -0.2) is 29.3 Å². The van der Waals surface area contributed by atoms with Gasteiger partial charge in [-0.05, 0) is 66.5 Å². The number of imide groups is 1. The molecule has 0 spiro atoms. The molecule has 5 nitrogen and oxygen atoms in total. The van der Waals surface area contributed by atoms with E-state index in [1.165, 1.54) is 9.80 Å². The summed E-state index contributed by atoms with van der Waals surface area (Å²) < 4.78 is 0. The van der Waals surface area contributed by atoms with E-state index in [4.69, 9.17) is 11.6 Å². The van der Waals surface area contributed by atoms with Gasteiger partial charge in [-0.25, -0.2) is 0 Å². The summed E-state index contributed by atoms with van der Waals surface area (Å²) in [7, 11) is 0. The highest BCUT2D eigenvalue weighted by molar-refractivity contribution is 6.30. The topological polar surface area (TPSA) is 57.7 Å². The number of anilines is 1. The highest BCUT2D eigenvalue weighted by Crippen LogP contribution is 2.65. The standard InChI is InChI=1S/C25H21ClN2O3/c26-15-8-6-14(7-9-15)23(29)27(16-4-2-1-3-5-16)13-28-24(30)21-17-10-11-18(20-12-19(17)20)22(21)25(28)31/h1-11,17-22H,12-13H2. The van der Waals surface area contributed by atoms with E-state index < -0.39 is 0 Å². The van der Waals surface area contributed by atoms with Gasteiger partial charge in [0, 0.05) is 16.3 Å². The van der Waals surface area contributed by atoms with Crippen molar-refractivity contribution in [2.45, 2.75) is 6.42 Å². The molecule has 6 unspecified atom stereocenters. The maximum absolute atomic E-state index is 13.4. The second-order valence-corrected chi connectivity index (χ2v) is 9.41. The van der Waals surface area contributed by atoms with Crippen molar-refractivity contribution in [2.24, 2.45) is 35.5 Å². The van der Waals surface area contributed by atoms with Gasteiger partial charge in [-0.2, -0.15) is 0 Å². The van der Waals surface area contributed by atoms with Crippen LogP contribution in [-0.2, 0) is 9.59 Å². The number of nitrogens with zero attached hydrogens (tertiary/aromatic N) is 2. The summed E-state index contributed by atoms with van der Waals surface area (Å²) in [6, 6.07) is 15.8. The quantitative estimate of drug-likeness (QED) is 0.542. The van der Waals surface area contributed by atoms with Crippen molar-refractivity contribution in [1.29, 1.82) is 0 Å². The molecular formula is C25H21ClN2O3. The number of rotatable bonds is 4. The molecule has 2 bridgehead atoms. The third kappa shape index (κ3) is 2.79. The zero-order valence-corrected chi connectivity index (χ0v) is 17.5. The van der Waals surface area contributed by atoms with E-state index in [2.05, 4.69) is 12.2 Å². The SMILES string of the molecule is O=C1C2C3C=CC(C4CC34)C2C(=O)N1CN(C(=O)c1ccc(Cl)cc1)c1ccccc1. The van der Waals surface area contributed by atoms with Crippen LogP contribution in [0.3, 0.4) is 0 Å². The highest BCUT2D eigenvalue weighted by Gasteiger charge is 2.67. The van der Waals surface area contributed by atoms with Gasteiger partial charge in [0.05, 0.1) is 11.8 Å². The highest BCUT2D eigenvalue weighted by atomic mass is 35.5. The number of allylic oxidation sites excluding steroid dienone is 2. The third-order valence-electron chi connectivity index (χ3n) is 7.44. The Balaban J connectivity index is 1.33. The van der Waals surface area contributed by atoms with E-state index in [0.29, 0.717) is 28.1 Å². The lowest BCUT2D eigenvalue weighted by atomic mass is 9.63. The number of hydrogen-bond donors (Lipinski definition) is 0. The lowest BCUT2D eigenvalue weighted by molar-refractivity contribution is -0.140. The van der Waals surface area contributed by atoms with Gasteiger partial charge in [-0.15, -0.1) is 0 Å². The normalized spacial score (nSPS) is 32.1. The Labute approximate surface area is 185 Å². The molecule has 0 N–H and O–H groups in total. The Kier molecular flexibility index (Phi) is 4.12. The van der Waals surface area contributed by atoms with Crippen molar-refractivity contribution in [3.05, 3.63) is 77.3 Å². The zero-order valence-electron chi connectivity index (χ0n) is 16.7. The van der Waals surface area contributed by atoms with E-state index in [1.807, 2.05) is 30.3 Å². The molecule has 6 heteroatoms. The van der Waals surface area contributed by atoms with Gasteiger partial charge in [-0.1, -0.05) is 42.0 Å². The van der Waals surface area contributed by atoms with Gasteiger partial charge >= 0.3 is 0 Å². The van der Waals surface area contributed by atoms with Gasteiger partial charge in [-0.3, -0.25) is 24.2 Å². The number of hydrogen-bond acceptors (Lipinski definition) is 3. The Hall–Kier alpha value is -2.92. The second-order valence-electron chi connectivity index (χ2n) is 8.98. The van der Waals surface area contributed by atoms with Crippen molar-refractivity contribution >= 4 is 35.0 Å². The molecule has 1 saturated heterocycles. The summed E-state index contributed by atoms with van der Waals surface area (Å²) >= 11 is 5.98. The van der Waals surface area contributed by atoms with Crippen molar-refractivity contribution in [3.8, 4) is 0 Å². The number of halogens is 1. The lowest BCUT2D eigenvalue weighted by Crippen LogP contribution is -2.45. The molecule has 31 heavy (non-hydrogen) atoms. The Morgan fingerprint density at radius 3 is 2.06 bits per heavy atom. The van der Waals surface area contributed by atoms with Crippen LogP contribution in [0.15, 0.2) is 66.7 Å². The van der Waals surface area contributed by atoms with Gasteiger partial charge in [0.15, 0.2) is 0 Å². The minimum absolute atomic E-state index is 0.0785. The summed E-state index contributed by atoms with van der Waals surface area (Å²) in [5.41, 5.74) is 1.09. The van der Waals surface area contributed by atoms with E-state index in [9.17, 15) is 14.4 Å². The minimum atomic E-state index is -0.276. The van der Waals surface area contributed by atoms with Crippen LogP contribution in [0, 0.1) is 35.5 Å². The molecule has 156 valence electrons. The van der Waals surface area contributed by atoms with Crippen molar-refractivity contribution in [3.63, 3.8) is 0 Å². The van der Waals surface area contributed by atoms with Gasteiger partial charge < -0.3 is 0 Å². The Morgan fingerprint density at radius 1 is 0.903 bits per heavy atom. The lowest BCUT2D eigenvalue weighted by Gasteiger charge is -2.37. The fraction of sp³-hybridized carbons (Fsp3) is 0.320. The van der Waals surface area contributed by atoms with Crippen LogP contribution >= 0.6 is 11.6 Å². The van der Waals surface area contributed by atoms with E-state index in [-0.39, 0.29) is 48.1 Å². The third-order valence-corrected chi connectivity index (χ3v) is 7.69. The Morgan fingerprint density at radius 2 is 1.48 bits per heavy atom. The molecule has 4 aliphatic carbocycles. The average molecular weight is 433 g/mol. The molecule has 6 atom stereocenters. The van der Waals surface area contributed by atoms with Crippen LogP contribution in [0.5, 0.6) is 0 Å². The molecule has 3 fully saturated rings. The largest absolute Gasteiger partial charge is 0.290 e. The predicted octanol–water partition coefficient (Wildman–Crippen LogP) is 4.00. The fourth-order valence-electron chi connectivity index (χ4n) is 5.92. The summed E-state index contributed by atoms with van der Waals surface area (Å²) in [6.07, 6.45) is 5.44. The molecule has 2 saturated carbocycles. The van der Waals surface area contributed by atoms with E-state index >= 15 is 0 Å². The molecule has 0 aromatic heterocycles. The zero-order chi connectivity index (χ0) is 21.3. The maximum atomic E-state index is 13.4. The smallest absolute Gasteiger partial charge is 0.259 e. The molecule has 1 heterocycles. The first kappa shape index (κ1) is 18.8. The second kappa shape index (κ2) is 6.79. The molecule has 2 aromatic carbocycles. The first-order chi connectivity index (χ1) is 15.0. The first-order valence-corrected chi connectivity index (χ1v) is 11.1. The molecular weight excluding hydrogens is 412 g/mol. The number of carbonyl (C=O) groups is 3. The molecule has 3 amide bonds. The minimum Gasteiger partial charge on any atom is -0.290 e. The van der Waals surface area contributed by atoms with Crippen LogP contribution in [0.4, 0.5) is 5.69 Å². The first-order valence-electron chi connectivity index (χ1n) is 10.7. The van der Waals surface area contributed by atoms with Crippen molar-refractivity contribution in [1.82, 2.24) is 4.90 Å². The average Bonchev–Trinajstić information content (AvgIpc) is 3.58. The monoisotopic (exact) mass is 432 g/mol. The molecule has 1 aliphatic heterocycles. The molecule has 5 aliphatic rings. The van der Waals surface area contributed by atoms with E-state index in [0.717, 1.165) is 6.42 Å². The number of carbonyl (C=O) groups excluding carboxylic acids is 3. The summed E-state index contributed by atoms with van der Waals surface area (Å²) in [5, 5.41) is 0.540. The number of para-hydroxylation sites is 1. The van der Waals surface area contributed by atoms with Crippen LogP contribution < -0.4 is 4.90 Å². The van der Waals surface area contributed by atoms with Gasteiger partial charge in [0.1, 0.15) is 6.67 Å². The molecule has 7 rings (SSSR count). The van der Waals surface area contributed by atoms with Crippen molar-refractivity contribution < 1.29 is 14.4 Å². The van der Waals surface area contributed by atoms with Gasteiger partial charge in [0.25, 0.3) is 5.91 Å². The Bertz CT molecular complexity index is 1080. The summed E-state index contributed by atoms with van der Waals surface area (Å²) in [4.78, 5) is 43.0. The molecule has 2 aromatic rings. The number of benzene rings is 2. The van der Waals surface area contributed by atoms with Crippen LogP contribution in [0.25, 0.3) is 0 Å². The molecule has 0 radical (unpaired) electrons.